The van der Waals surface area contributed by atoms with Gasteiger partial charge in [0, 0.05) is 33.3 Å². The molecule has 0 aliphatic carbocycles. The van der Waals surface area contributed by atoms with Crippen molar-refractivity contribution in [2.45, 2.75) is 66.2 Å². The summed E-state index contributed by atoms with van der Waals surface area (Å²) < 4.78 is 0. The van der Waals surface area contributed by atoms with E-state index in [0.29, 0.717) is 0 Å². The summed E-state index contributed by atoms with van der Waals surface area (Å²) in [4.78, 5) is 10.5. The Morgan fingerprint density at radius 1 is 0.455 bits per heavy atom. The van der Waals surface area contributed by atoms with Gasteiger partial charge in [0.05, 0.1) is 22.8 Å². The third kappa shape index (κ3) is 5.19. The van der Waals surface area contributed by atoms with E-state index in [4.69, 9.17) is 21.4 Å². The molecule has 4 aromatic carbocycles. The molecule has 222 valence electrons. The van der Waals surface area contributed by atoms with E-state index in [0.717, 1.165) is 66.8 Å². The average molecular weight is 579 g/mol. The Morgan fingerprint density at radius 2 is 0.773 bits per heavy atom. The van der Waals surface area contributed by atoms with Gasteiger partial charge in [-0.15, -0.1) is 0 Å². The summed E-state index contributed by atoms with van der Waals surface area (Å²) in [7, 11) is 0. The smallest absolute Gasteiger partial charge is 0.0897 e. The molecule has 0 aliphatic heterocycles. The van der Waals surface area contributed by atoms with Gasteiger partial charge in [-0.3, -0.25) is 0 Å². The van der Waals surface area contributed by atoms with Crippen molar-refractivity contribution in [1.29, 1.82) is 0 Å². The van der Waals surface area contributed by atoms with Crippen LogP contribution in [0.25, 0.3) is 55.4 Å². The van der Waals surface area contributed by atoms with Crippen LogP contribution in [0, 0.1) is 13.8 Å². The second-order valence-corrected chi connectivity index (χ2v) is 14.2. The molecule has 2 heterocycles. The van der Waals surface area contributed by atoms with Gasteiger partial charge in [-0.25, -0.2) is 9.97 Å². The molecule has 0 aliphatic rings. The number of aromatic nitrogens is 2. The van der Waals surface area contributed by atoms with Crippen LogP contribution in [0.3, 0.4) is 0 Å². The van der Waals surface area contributed by atoms with E-state index in [9.17, 15) is 0 Å². The van der Waals surface area contributed by atoms with Gasteiger partial charge in [-0.05, 0) is 94.1 Å². The van der Waals surface area contributed by atoms with E-state index >= 15 is 0 Å². The molecule has 6 rings (SSSR count). The van der Waals surface area contributed by atoms with Gasteiger partial charge in [0.2, 0.25) is 0 Å². The van der Waals surface area contributed by atoms with Crippen LogP contribution >= 0.6 is 0 Å². The van der Waals surface area contributed by atoms with Crippen molar-refractivity contribution >= 4 is 32.9 Å². The van der Waals surface area contributed by atoms with Crippen LogP contribution < -0.4 is 11.5 Å². The number of hydrogen-bond donors (Lipinski definition) is 2. The number of pyridine rings is 2. The maximum atomic E-state index is 6.86. The Labute approximate surface area is 261 Å². The third-order valence-electron chi connectivity index (χ3n) is 8.78. The highest BCUT2D eigenvalue weighted by Crippen LogP contribution is 2.40. The first-order valence-electron chi connectivity index (χ1n) is 15.3. The Bertz CT molecular complexity index is 1920. The van der Waals surface area contributed by atoms with E-state index in [1.165, 1.54) is 22.3 Å². The minimum atomic E-state index is -0.114. The lowest BCUT2D eigenvalue weighted by atomic mass is 9.84. The monoisotopic (exact) mass is 578 g/mol. The van der Waals surface area contributed by atoms with Crippen molar-refractivity contribution in [2.75, 3.05) is 11.5 Å². The Morgan fingerprint density at radius 3 is 1.11 bits per heavy atom. The number of nitrogens with zero attached hydrogens (tertiary/aromatic N) is 2. The van der Waals surface area contributed by atoms with Gasteiger partial charge >= 0.3 is 0 Å². The second-order valence-electron chi connectivity index (χ2n) is 14.2. The lowest BCUT2D eigenvalue weighted by molar-refractivity contribution is 0.588. The predicted octanol–water partition coefficient (Wildman–Crippen LogP) is 10.2. The zero-order valence-electron chi connectivity index (χ0n) is 27.1. The number of nitrogen functional groups attached to an aromatic ring is 2. The molecule has 0 radical (unpaired) electrons. The first kappa shape index (κ1) is 29.4. The molecule has 0 saturated carbocycles. The molecule has 4 N–H and O–H groups in total. The van der Waals surface area contributed by atoms with Crippen LogP contribution in [-0.4, -0.2) is 9.97 Å². The van der Waals surface area contributed by atoms with Crippen LogP contribution in [0.2, 0.25) is 0 Å². The molecule has 2 aromatic heterocycles. The fourth-order valence-corrected chi connectivity index (χ4v) is 6.05. The summed E-state index contributed by atoms with van der Waals surface area (Å²) in [5.41, 5.74) is 24.9. The summed E-state index contributed by atoms with van der Waals surface area (Å²) in [5, 5.41) is 4.41. The second kappa shape index (κ2) is 10.5. The fourth-order valence-electron chi connectivity index (χ4n) is 6.05. The van der Waals surface area contributed by atoms with Crippen LogP contribution in [0.1, 0.15) is 63.8 Å². The highest BCUT2D eigenvalue weighted by Gasteiger charge is 2.23. The zero-order valence-corrected chi connectivity index (χ0v) is 27.1. The number of anilines is 2. The highest BCUT2D eigenvalue weighted by molar-refractivity contribution is 6.03. The topological polar surface area (TPSA) is 77.8 Å². The number of benzene rings is 4. The first-order valence-corrected chi connectivity index (χ1v) is 15.3. The molecular weight excluding hydrogens is 536 g/mol. The molecule has 0 spiro atoms. The van der Waals surface area contributed by atoms with Crippen molar-refractivity contribution in [2.24, 2.45) is 0 Å². The van der Waals surface area contributed by atoms with E-state index < -0.39 is 0 Å². The summed E-state index contributed by atoms with van der Waals surface area (Å²) >= 11 is 0. The summed E-state index contributed by atoms with van der Waals surface area (Å²) in [5.74, 6) is 0. The molecule has 0 fully saturated rings. The van der Waals surface area contributed by atoms with Gasteiger partial charge in [0.25, 0.3) is 0 Å². The van der Waals surface area contributed by atoms with Crippen LogP contribution in [-0.2, 0) is 10.8 Å². The van der Waals surface area contributed by atoms with Crippen molar-refractivity contribution in [1.82, 2.24) is 9.97 Å². The highest BCUT2D eigenvalue weighted by atomic mass is 14.8. The molecule has 4 nitrogen and oxygen atoms in total. The number of nitrogens with two attached hydrogens (primary N) is 2. The number of hydrogen-bond acceptors (Lipinski definition) is 4. The molecule has 0 bridgehead atoms. The molecule has 6 aromatic rings. The zero-order chi connectivity index (χ0) is 31.6. The summed E-state index contributed by atoms with van der Waals surface area (Å²) in [6.45, 7) is 17.7. The predicted molar refractivity (Wildman–Crippen MR) is 189 cm³/mol. The maximum absolute atomic E-state index is 6.86. The van der Waals surface area contributed by atoms with Gasteiger partial charge in [0.15, 0.2) is 0 Å². The number of rotatable bonds is 3. The lowest BCUT2D eigenvalue weighted by Crippen LogP contribution is -2.14. The molecule has 0 unspecified atom stereocenters. The Hall–Kier alpha value is -4.70. The Balaban J connectivity index is 1.63. The molecule has 0 atom stereocenters. The molecule has 44 heavy (non-hydrogen) atoms. The van der Waals surface area contributed by atoms with Crippen LogP contribution in [0.5, 0.6) is 0 Å². The van der Waals surface area contributed by atoms with E-state index in [1.807, 2.05) is 12.1 Å². The molecule has 4 heteroatoms. The summed E-state index contributed by atoms with van der Waals surface area (Å²) in [6.07, 6.45) is 0. The minimum Gasteiger partial charge on any atom is -0.398 e. The third-order valence-corrected chi connectivity index (χ3v) is 8.78. The fraction of sp³-hybridized carbons (Fsp3) is 0.250. The van der Waals surface area contributed by atoms with Gasteiger partial charge < -0.3 is 11.5 Å². The van der Waals surface area contributed by atoms with Crippen molar-refractivity contribution < 1.29 is 0 Å². The SMILES string of the molecule is Cc1cc(-c2cc(C(C)(C)C)cc(-c3cc(C(C)(C)C)cc(-c4cc(C)c5ccccc5c4N)n3)n2)c(N)c2ccccc12. The van der Waals surface area contributed by atoms with Crippen molar-refractivity contribution in [3.05, 3.63) is 107 Å². The van der Waals surface area contributed by atoms with Gasteiger partial charge in [0.1, 0.15) is 0 Å². The van der Waals surface area contributed by atoms with Crippen molar-refractivity contribution in [3.8, 4) is 33.9 Å². The van der Waals surface area contributed by atoms with E-state index in [1.54, 1.807) is 0 Å². The minimum absolute atomic E-state index is 0.114. The molecule has 0 amide bonds. The quantitative estimate of drug-likeness (QED) is 0.205. The average Bonchev–Trinajstić information content (AvgIpc) is 2.99. The molecule has 0 saturated heterocycles. The number of fused-ring (bicyclic) bond motifs is 2. The summed E-state index contributed by atoms with van der Waals surface area (Å²) in [6, 6.07) is 29.7. The van der Waals surface area contributed by atoms with E-state index in [2.05, 4.69) is 128 Å². The van der Waals surface area contributed by atoms with Gasteiger partial charge in [-0.1, -0.05) is 90.1 Å². The molecular formula is C40H42N4. The maximum Gasteiger partial charge on any atom is 0.0897 e. The lowest BCUT2D eigenvalue weighted by Gasteiger charge is -2.24. The number of aryl methyl sites for hydroxylation is 2. The van der Waals surface area contributed by atoms with Crippen LogP contribution in [0.4, 0.5) is 11.4 Å². The Kier molecular flexibility index (Phi) is 7.00. The largest absolute Gasteiger partial charge is 0.398 e. The first-order chi connectivity index (χ1) is 20.7. The van der Waals surface area contributed by atoms with Gasteiger partial charge in [-0.2, -0.15) is 0 Å². The van der Waals surface area contributed by atoms with Crippen LogP contribution in [0.15, 0.2) is 84.9 Å². The van der Waals surface area contributed by atoms with E-state index in [-0.39, 0.29) is 10.8 Å². The normalized spacial score (nSPS) is 12.3. The standard InChI is InChI=1S/C40H42N4/c1-23-17-31(37(41)29-15-11-9-13-27(23)29)33-19-25(39(3,4)5)21-35(43-33)36-22-26(40(6,7)8)20-34(44-36)32-18-24(2)28-14-10-12-16-30(28)38(32)42/h9-22H,41-42H2,1-8H3. The van der Waals surface area contributed by atoms with Crippen molar-refractivity contribution in [3.63, 3.8) is 0 Å².